The Morgan fingerprint density at radius 3 is 2.74 bits per heavy atom. The van der Waals surface area contributed by atoms with Gasteiger partial charge in [-0.25, -0.2) is 0 Å². The Morgan fingerprint density at radius 1 is 1.37 bits per heavy atom. The summed E-state index contributed by atoms with van der Waals surface area (Å²) in [5, 5.41) is 14.5. The number of nitro benzene ring substituents is 1. The first kappa shape index (κ1) is 14.2. The van der Waals surface area contributed by atoms with Crippen LogP contribution in [0.2, 0.25) is 0 Å². The van der Waals surface area contributed by atoms with Crippen molar-refractivity contribution in [3.63, 3.8) is 0 Å². The zero-order valence-electron chi connectivity index (χ0n) is 11.2. The third kappa shape index (κ3) is 3.86. The van der Waals surface area contributed by atoms with Crippen LogP contribution in [0, 0.1) is 10.1 Å². The number of nitrogens with zero attached hydrogens (tertiary/aromatic N) is 1. The smallest absolute Gasteiger partial charge is 0.292 e. The molecule has 0 heterocycles. The molecule has 1 N–H and O–H groups in total. The first-order valence-corrected chi connectivity index (χ1v) is 7.82. The van der Waals surface area contributed by atoms with Crippen LogP contribution in [-0.4, -0.2) is 17.2 Å². The Kier molecular flexibility index (Phi) is 5.07. The van der Waals surface area contributed by atoms with Crippen LogP contribution in [0.5, 0.6) is 0 Å². The van der Waals surface area contributed by atoms with Gasteiger partial charge in [0.1, 0.15) is 5.69 Å². The summed E-state index contributed by atoms with van der Waals surface area (Å²) in [6.07, 6.45) is 6.70. The van der Waals surface area contributed by atoms with Gasteiger partial charge in [-0.3, -0.25) is 10.1 Å². The van der Waals surface area contributed by atoms with Crippen LogP contribution in [0.3, 0.4) is 0 Å². The zero-order valence-corrected chi connectivity index (χ0v) is 12.0. The molecule has 2 rings (SSSR count). The minimum atomic E-state index is -0.343. The summed E-state index contributed by atoms with van der Waals surface area (Å²) in [6, 6.07) is 5.37. The van der Waals surface area contributed by atoms with Gasteiger partial charge < -0.3 is 5.32 Å². The molecule has 0 unspecified atom stereocenters. The molecule has 5 heteroatoms. The number of nitrogens with one attached hydrogen (secondary N) is 1. The van der Waals surface area contributed by atoms with Crippen molar-refractivity contribution in [3.05, 3.63) is 33.9 Å². The molecule has 4 nitrogen and oxygen atoms in total. The van der Waals surface area contributed by atoms with E-state index in [1.54, 1.807) is 13.1 Å². The molecule has 104 valence electrons. The number of nitro groups is 1. The van der Waals surface area contributed by atoms with Crippen LogP contribution in [0.1, 0.15) is 37.7 Å². The third-order valence-electron chi connectivity index (χ3n) is 3.56. The molecule has 0 bridgehead atoms. The Hall–Kier alpha value is -1.23. The predicted octanol–water partition coefficient (Wildman–Crippen LogP) is 4.20. The molecule has 0 amide bonds. The number of hydrogen-bond acceptors (Lipinski definition) is 4. The van der Waals surface area contributed by atoms with Crippen molar-refractivity contribution < 1.29 is 4.92 Å². The molecule has 1 aliphatic rings. The third-order valence-corrected chi connectivity index (χ3v) is 5.01. The second-order valence-electron chi connectivity index (χ2n) is 4.93. The molecule has 0 aromatic heterocycles. The van der Waals surface area contributed by atoms with E-state index in [1.165, 1.54) is 32.1 Å². The molecular formula is C14H20N2O2S. The van der Waals surface area contributed by atoms with Crippen LogP contribution in [0.4, 0.5) is 11.4 Å². The fraction of sp³-hybridized carbons (Fsp3) is 0.571. The monoisotopic (exact) mass is 280 g/mol. The van der Waals surface area contributed by atoms with Crippen LogP contribution in [-0.2, 0) is 5.75 Å². The molecule has 1 aliphatic carbocycles. The fourth-order valence-corrected chi connectivity index (χ4v) is 3.75. The van der Waals surface area contributed by atoms with Gasteiger partial charge in [0.05, 0.1) is 4.92 Å². The lowest BCUT2D eigenvalue weighted by atomic mass is 10.0. The molecule has 0 atom stereocenters. The van der Waals surface area contributed by atoms with Crippen molar-refractivity contribution in [2.75, 3.05) is 12.4 Å². The summed E-state index contributed by atoms with van der Waals surface area (Å²) in [7, 11) is 1.72. The standard InChI is InChI=1S/C14H20N2O2S/c1-15-13-9-11(7-8-14(13)16(17)18)10-19-12-5-3-2-4-6-12/h7-9,12,15H,2-6,10H2,1H3. The van der Waals surface area contributed by atoms with Crippen molar-refractivity contribution in [1.82, 2.24) is 0 Å². The number of benzene rings is 1. The number of anilines is 1. The Bertz CT molecular complexity index is 445. The topological polar surface area (TPSA) is 55.2 Å². The van der Waals surface area contributed by atoms with E-state index in [9.17, 15) is 10.1 Å². The number of thioether (sulfide) groups is 1. The fourth-order valence-electron chi connectivity index (χ4n) is 2.48. The first-order chi connectivity index (χ1) is 9.20. The van der Waals surface area contributed by atoms with E-state index < -0.39 is 0 Å². The van der Waals surface area contributed by atoms with Crippen molar-refractivity contribution >= 4 is 23.1 Å². The SMILES string of the molecule is CNc1cc(CSC2CCCCC2)ccc1[N+](=O)[O-]. The summed E-state index contributed by atoms with van der Waals surface area (Å²) < 4.78 is 0. The minimum Gasteiger partial charge on any atom is -0.383 e. The lowest BCUT2D eigenvalue weighted by Gasteiger charge is -2.21. The molecule has 19 heavy (non-hydrogen) atoms. The highest BCUT2D eigenvalue weighted by atomic mass is 32.2. The maximum absolute atomic E-state index is 10.9. The van der Waals surface area contributed by atoms with Gasteiger partial charge in [-0.15, -0.1) is 0 Å². The molecule has 0 radical (unpaired) electrons. The summed E-state index contributed by atoms with van der Waals surface area (Å²) in [5.41, 5.74) is 1.91. The highest BCUT2D eigenvalue weighted by Gasteiger charge is 2.16. The van der Waals surface area contributed by atoms with Gasteiger partial charge in [0.25, 0.3) is 5.69 Å². The van der Waals surface area contributed by atoms with E-state index in [0.717, 1.165) is 16.6 Å². The molecule has 0 saturated heterocycles. The largest absolute Gasteiger partial charge is 0.383 e. The second kappa shape index (κ2) is 6.80. The average molecular weight is 280 g/mol. The number of hydrogen-bond donors (Lipinski definition) is 1. The van der Waals surface area contributed by atoms with E-state index in [-0.39, 0.29) is 10.6 Å². The molecule has 1 aromatic carbocycles. The molecule has 0 spiro atoms. The molecule has 1 aromatic rings. The van der Waals surface area contributed by atoms with Crippen LogP contribution >= 0.6 is 11.8 Å². The molecule has 0 aliphatic heterocycles. The lowest BCUT2D eigenvalue weighted by molar-refractivity contribution is -0.383. The molecule has 1 saturated carbocycles. The maximum atomic E-state index is 10.9. The minimum absolute atomic E-state index is 0.147. The van der Waals surface area contributed by atoms with Crippen LogP contribution < -0.4 is 5.32 Å². The van der Waals surface area contributed by atoms with Gasteiger partial charge >= 0.3 is 0 Å². The average Bonchev–Trinajstić information content (AvgIpc) is 2.45. The van der Waals surface area contributed by atoms with E-state index in [1.807, 2.05) is 23.9 Å². The summed E-state index contributed by atoms with van der Waals surface area (Å²) >= 11 is 1.99. The van der Waals surface area contributed by atoms with Crippen molar-refractivity contribution in [3.8, 4) is 0 Å². The normalized spacial score (nSPS) is 16.3. The van der Waals surface area contributed by atoms with Gasteiger partial charge in [0.15, 0.2) is 0 Å². The predicted molar refractivity (Wildman–Crippen MR) is 80.8 cm³/mol. The van der Waals surface area contributed by atoms with Crippen LogP contribution in [0.25, 0.3) is 0 Å². The van der Waals surface area contributed by atoms with Gasteiger partial charge in [0.2, 0.25) is 0 Å². The number of rotatable bonds is 5. The molecule has 1 fully saturated rings. The van der Waals surface area contributed by atoms with Gasteiger partial charge in [-0.1, -0.05) is 25.3 Å². The quantitative estimate of drug-likeness (QED) is 0.648. The Labute approximate surface area is 118 Å². The van der Waals surface area contributed by atoms with E-state index in [4.69, 9.17) is 0 Å². The second-order valence-corrected chi connectivity index (χ2v) is 6.22. The van der Waals surface area contributed by atoms with Gasteiger partial charge in [0, 0.05) is 24.1 Å². The Morgan fingerprint density at radius 2 is 2.11 bits per heavy atom. The van der Waals surface area contributed by atoms with Crippen molar-refractivity contribution in [2.24, 2.45) is 0 Å². The van der Waals surface area contributed by atoms with E-state index in [2.05, 4.69) is 5.32 Å². The maximum Gasteiger partial charge on any atom is 0.292 e. The van der Waals surface area contributed by atoms with E-state index >= 15 is 0 Å². The summed E-state index contributed by atoms with van der Waals surface area (Å²) in [4.78, 5) is 10.5. The first-order valence-electron chi connectivity index (χ1n) is 6.77. The molecular weight excluding hydrogens is 260 g/mol. The van der Waals surface area contributed by atoms with E-state index in [0.29, 0.717) is 5.69 Å². The highest BCUT2D eigenvalue weighted by Crippen LogP contribution is 2.32. The van der Waals surface area contributed by atoms with Crippen molar-refractivity contribution in [1.29, 1.82) is 0 Å². The van der Waals surface area contributed by atoms with Gasteiger partial charge in [-0.05, 0) is 24.5 Å². The lowest BCUT2D eigenvalue weighted by Crippen LogP contribution is -2.08. The Balaban J connectivity index is 1.98. The van der Waals surface area contributed by atoms with Crippen molar-refractivity contribution in [2.45, 2.75) is 43.1 Å². The highest BCUT2D eigenvalue weighted by molar-refractivity contribution is 7.99. The van der Waals surface area contributed by atoms with Crippen LogP contribution in [0.15, 0.2) is 18.2 Å². The zero-order chi connectivity index (χ0) is 13.7. The summed E-state index contributed by atoms with van der Waals surface area (Å²) in [5.74, 6) is 0.942. The van der Waals surface area contributed by atoms with Gasteiger partial charge in [-0.2, -0.15) is 11.8 Å². The summed E-state index contributed by atoms with van der Waals surface area (Å²) in [6.45, 7) is 0.